The van der Waals surface area contributed by atoms with E-state index < -0.39 is 14.0 Å². The maximum Gasteiger partial charge on any atom is 0.327 e. The summed E-state index contributed by atoms with van der Waals surface area (Å²) in [6.07, 6.45) is 7.00. The molecule has 0 fully saturated rings. The van der Waals surface area contributed by atoms with Gasteiger partial charge in [0.25, 0.3) is 0 Å². The van der Waals surface area contributed by atoms with Gasteiger partial charge in [0, 0.05) is 20.8 Å². The minimum absolute atomic E-state index is 0.0277. The van der Waals surface area contributed by atoms with Gasteiger partial charge in [0.05, 0.1) is 6.10 Å². The van der Waals surface area contributed by atoms with Crippen LogP contribution in [0.5, 0.6) is 0 Å². The summed E-state index contributed by atoms with van der Waals surface area (Å²) in [7, 11) is -1.04. The summed E-state index contributed by atoms with van der Waals surface area (Å²) in [6.45, 7) is 11.7. The first-order valence-corrected chi connectivity index (χ1v) is 10.8. The molecule has 1 atom stereocenters. The Hall–Kier alpha value is -0.913. The number of allylic oxidation sites excluding steroid dienone is 1. The molecule has 0 saturated carbocycles. The standard InChI is InChI=1S/C15H28O4Si/c1-5-14(9-7-6-8-10-15(16)17)19-13-18-11-12-20(2,3)4/h5,8,10,14H,1,6-7,9,11-13H2,2-4H3,(H,16,17)/t14-/m0/s1. The summed E-state index contributed by atoms with van der Waals surface area (Å²) in [5.74, 6) is -0.905. The number of rotatable bonds is 12. The van der Waals surface area contributed by atoms with E-state index in [0.717, 1.165) is 31.9 Å². The van der Waals surface area contributed by atoms with Crippen LogP contribution in [0.25, 0.3) is 0 Å². The smallest absolute Gasteiger partial charge is 0.327 e. The number of hydrogen-bond acceptors (Lipinski definition) is 3. The van der Waals surface area contributed by atoms with E-state index in [1.165, 1.54) is 6.08 Å². The maximum absolute atomic E-state index is 10.3. The average molecular weight is 300 g/mol. The summed E-state index contributed by atoms with van der Waals surface area (Å²) in [4.78, 5) is 10.3. The molecule has 0 aliphatic rings. The van der Waals surface area contributed by atoms with Gasteiger partial charge in [0.1, 0.15) is 6.79 Å². The zero-order chi connectivity index (χ0) is 15.4. The van der Waals surface area contributed by atoms with Gasteiger partial charge >= 0.3 is 5.97 Å². The fourth-order valence-electron chi connectivity index (χ4n) is 1.46. The molecular formula is C15H28O4Si. The zero-order valence-electron chi connectivity index (χ0n) is 12.9. The van der Waals surface area contributed by atoms with E-state index in [0.29, 0.717) is 6.79 Å². The van der Waals surface area contributed by atoms with Crippen molar-refractivity contribution in [2.75, 3.05) is 13.4 Å². The van der Waals surface area contributed by atoms with Gasteiger partial charge in [0.15, 0.2) is 0 Å². The van der Waals surface area contributed by atoms with Crippen LogP contribution in [0.4, 0.5) is 0 Å². The highest BCUT2D eigenvalue weighted by atomic mass is 28.3. The number of carboxylic acid groups (broad SMARTS) is 1. The topological polar surface area (TPSA) is 55.8 Å². The Kier molecular flexibility index (Phi) is 10.3. The second-order valence-electron chi connectivity index (χ2n) is 5.95. The maximum atomic E-state index is 10.3. The van der Waals surface area contributed by atoms with E-state index in [4.69, 9.17) is 14.6 Å². The Morgan fingerprint density at radius 1 is 1.40 bits per heavy atom. The first kappa shape index (κ1) is 19.1. The van der Waals surface area contributed by atoms with Crippen LogP contribution >= 0.6 is 0 Å². The predicted octanol–water partition coefficient (Wildman–Crippen LogP) is 3.68. The molecule has 0 bridgehead atoms. The van der Waals surface area contributed by atoms with Crippen LogP contribution in [0.1, 0.15) is 19.3 Å². The van der Waals surface area contributed by atoms with Gasteiger partial charge in [-0.15, -0.1) is 6.58 Å². The van der Waals surface area contributed by atoms with Gasteiger partial charge < -0.3 is 14.6 Å². The van der Waals surface area contributed by atoms with E-state index in [1.807, 2.05) is 0 Å². The first-order chi connectivity index (χ1) is 9.35. The molecule has 0 aromatic heterocycles. The minimum atomic E-state index is -1.04. The molecule has 0 aromatic carbocycles. The fraction of sp³-hybridized carbons (Fsp3) is 0.667. The monoisotopic (exact) mass is 300 g/mol. The molecule has 116 valence electrons. The van der Waals surface area contributed by atoms with Gasteiger partial charge in [0.2, 0.25) is 0 Å². The van der Waals surface area contributed by atoms with E-state index in [2.05, 4.69) is 26.2 Å². The Balaban J connectivity index is 3.62. The lowest BCUT2D eigenvalue weighted by Gasteiger charge is -2.17. The van der Waals surface area contributed by atoms with Crippen LogP contribution in [-0.2, 0) is 14.3 Å². The minimum Gasteiger partial charge on any atom is -0.478 e. The first-order valence-electron chi connectivity index (χ1n) is 7.06. The summed E-state index contributed by atoms with van der Waals surface area (Å²) < 4.78 is 11.0. The van der Waals surface area contributed by atoms with Gasteiger partial charge in [-0.1, -0.05) is 31.8 Å². The van der Waals surface area contributed by atoms with Crippen molar-refractivity contribution in [2.45, 2.75) is 51.1 Å². The number of carboxylic acids is 1. The highest BCUT2D eigenvalue weighted by Gasteiger charge is 2.12. The van der Waals surface area contributed by atoms with Gasteiger partial charge in [-0.2, -0.15) is 0 Å². The quantitative estimate of drug-likeness (QED) is 0.196. The number of aliphatic carboxylic acids is 1. The number of carbonyl (C=O) groups is 1. The summed E-state index contributed by atoms with van der Waals surface area (Å²) >= 11 is 0. The van der Waals surface area contributed by atoms with Crippen molar-refractivity contribution < 1.29 is 19.4 Å². The molecule has 0 spiro atoms. The van der Waals surface area contributed by atoms with Crippen LogP contribution in [0.3, 0.4) is 0 Å². The lowest BCUT2D eigenvalue weighted by Crippen LogP contribution is -2.22. The van der Waals surface area contributed by atoms with Gasteiger partial charge in [-0.3, -0.25) is 0 Å². The normalized spacial score (nSPS) is 13.6. The molecule has 20 heavy (non-hydrogen) atoms. The SMILES string of the molecule is C=C[C@@H](CCCC=CC(=O)O)OCOCC[Si](C)(C)C. The third kappa shape index (κ3) is 13.5. The van der Waals surface area contributed by atoms with Crippen molar-refractivity contribution in [1.82, 2.24) is 0 Å². The van der Waals surface area contributed by atoms with Crippen molar-refractivity contribution in [3.63, 3.8) is 0 Å². The van der Waals surface area contributed by atoms with E-state index >= 15 is 0 Å². The van der Waals surface area contributed by atoms with Crippen molar-refractivity contribution in [1.29, 1.82) is 0 Å². The van der Waals surface area contributed by atoms with Crippen molar-refractivity contribution in [2.24, 2.45) is 0 Å². The highest BCUT2D eigenvalue weighted by Crippen LogP contribution is 2.09. The molecule has 0 aliphatic heterocycles. The van der Waals surface area contributed by atoms with Crippen LogP contribution in [0.15, 0.2) is 24.8 Å². The van der Waals surface area contributed by atoms with Crippen LogP contribution in [-0.4, -0.2) is 38.7 Å². The summed E-state index contributed by atoms with van der Waals surface area (Å²) in [5, 5.41) is 8.45. The zero-order valence-corrected chi connectivity index (χ0v) is 13.9. The molecule has 5 heteroatoms. The Bertz CT molecular complexity index is 307. The van der Waals surface area contributed by atoms with Gasteiger partial charge in [-0.25, -0.2) is 4.79 Å². The summed E-state index contributed by atoms with van der Waals surface area (Å²) in [5.41, 5.74) is 0. The highest BCUT2D eigenvalue weighted by molar-refractivity contribution is 6.76. The molecule has 0 heterocycles. The lowest BCUT2D eigenvalue weighted by atomic mass is 10.1. The van der Waals surface area contributed by atoms with Crippen LogP contribution < -0.4 is 0 Å². The second-order valence-corrected chi connectivity index (χ2v) is 11.6. The molecule has 0 saturated heterocycles. The number of ether oxygens (including phenoxy) is 2. The van der Waals surface area contributed by atoms with E-state index in [1.54, 1.807) is 12.2 Å². The third-order valence-electron chi connectivity index (χ3n) is 2.74. The largest absolute Gasteiger partial charge is 0.478 e. The molecule has 1 N–H and O–H groups in total. The molecule has 0 aromatic rings. The molecular weight excluding hydrogens is 272 g/mol. The Morgan fingerprint density at radius 3 is 2.65 bits per heavy atom. The molecule has 0 amide bonds. The number of unbranched alkanes of at least 4 members (excludes halogenated alkanes) is 1. The molecule has 0 radical (unpaired) electrons. The molecule has 4 nitrogen and oxygen atoms in total. The Morgan fingerprint density at radius 2 is 2.10 bits per heavy atom. The summed E-state index contributed by atoms with van der Waals surface area (Å²) in [6, 6.07) is 1.13. The second kappa shape index (κ2) is 10.8. The van der Waals surface area contributed by atoms with Crippen molar-refractivity contribution in [3.8, 4) is 0 Å². The van der Waals surface area contributed by atoms with Crippen LogP contribution in [0, 0.1) is 0 Å². The third-order valence-corrected chi connectivity index (χ3v) is 4.45. The molecule has 0 rings (SSSR count). The Labute approximate surface area is 123 Å². The molecule has 0 unspecified atom stereocenters. The van der Waals surface area contributed by atoms with E-state index in [9.17, 15) is 4.79 Å². The number of hydrogen-bond donors (Lipinski definition) is 1. The lowest BCUT2D eigenvalue weighted by molar-refractivity contribution is -0.131. The average Bonchev–Trinajstić information content (AvgIpc) is 2.33. The van der Waals surface area contributed by atoms with Crippen molar-refractivity contribution in [3.05, 3.63) is 24.8 Å². The predicted molar refractivity (Wildman–Crippen MR) is 84.7 cm³/mol. The van der Waals surface area contributed by atoms with Crippen LogP contribution in [0.2, 0.25) is 25.7 Å². The van der Waals surface area contributed by atoms with Crippen molar-refractivity contribution >= 4 is 14.0 Å². The fourth-order valence-corrected chi connectivity index (χ4v) is 2.22. The van der Waals surface area contributed by atoms with E-state index in [-0.39, 0.29) is 6.10 Å². The molecule has 0 aliphatic carbocycles. The van der Waals surface area contributed by atoms with Gasteiger partial charge in [-0.05, 0) is 25.3 Å².